The van der Waals surface area contributed by atoms with Crippen LogP contribution in [0.4, 0.5) is 11.4 Å². The number of anilines is 2. The van der Waals surface area contributed by atoms with Gasteiger partial charge in [0.2, 0.25) is 5.91 Å². The van der Waals surface area contributed by atoms with Gasteiger partial charge in [0.1, 0.15) is 0 Å². The van der Waals surface area contributed by atoms with Gasteiger partial charge in [0.05, 0.1) is 17.3 Å². The van der Waals surface area contributed by atoms with E-state index in [1.807, 2.05) is 39.0 Å². The average Bonchev–Trinajstić information content (AvgIpc) is 2.53. The van der Waals surface area contributed by atoms with Crippen molar-refractivity contribution in [3.8, 4) is 0 Å². The maximum absolute atomic E-state index is 12.3. The molecule has 0 aliphatic carbocycles. The summed E-state index contributed by atoms with van der Waals surface area (Å²) in [6.07, 6.45) is 0.313. The van der Waals surface area contributed by atoms with Gasteiger partial charge in [-0.2, -0.15) is 0 Å². The number of rotatable bonds is 6. The number of nitrogens with one attached hydrogen (secondary N) is 2. The Balaban J connectivity index is 1.98. The molecule has 2 rings (SSSR count). The van der Waals surface area contributed by atoms with Crippen LogP contribution in [-0.4, -0.2) is 17.1 Å². The molecule has 1 amide bonds. The van der Waals surface area contributed by atoms with Crippen molar-refractivity contribution in [2.24, 2.45) is 0 Å². The average molecular weight is 347 g/mol. The Bertz CT molecular complexity index is 731. The van der Waals surface area contributed by atoms with Crippen LogP contribution in [0.3, 0.4) is 0 Å². The van der Waals surface area contributed by atoms with Gasteiger partial charge >= 0.3 is 0 Å². The lowest BCUT2D eigenvalue weighted by molar-refractivity contribution is -0.116. The molecule has 0 spiro atoms. The van der Waals surface area contributed by atoms with Crippen molar-refractivity contribution in [1.29, 1.82) is 0 Å². The van der Waals surface area contributed by atoms with Crippen LogP contribution in [0.15, 0.2) is 36.4 Å². The molecule has 0 heterocycles. The molecule has 0 fully saturated rings. The van der Waals surface area contributed by atoms with Crippen LogP contribution in [-0.2, 0) is 11.4 Å². The molecule has 0 aliphatic rings. The van der Waals surface area contributed by atoms with E-state index in [1.54, 1.807) is 18.2 Å². The minimum absolute atomic E-state index is 0.0483. The Labute approximate surface area is 147 Å². The van der Waals surface area contributed by atoms with E-state index in [0.29, 0.717) is 11.4 Å². The van der Waals surface area contributed by atoms with Gasteiger partial charge < -0.3 is 15.7 Å². The van der Waals surface area contributed by atoms with E-state index in [1.165, 1.54) is 0 Å². The highest BCUT2D eigenvalue weighted by atomic mass is 35.5. The molecule has 0 saturated heterocycles. The zero-order valence-electron chi connectivity index (χ0n) is 14.2. The second kappa shape index (κ2) is 8.18. The number of amides is 1. The number of hydrogen-bond donors (Lipinski definition) is 3. The van der Waals surface area contributed by atoms with Crippen LogP contribution in [0.25, 0.3) is 0 Å². The number of benzene rings is 2. The number of aliphatic hydroxyl groups is 1. The van der Waals surface area contributed by atoms with Gasteiger partial charge in [-0.15, -0.1) is 0 Å². The molecule has 0 radical (unpaired) electrons. The van der Waals surface area contributed by atoms with Gasteiger partial charge in [0, 0.05) is 18.2 Å². The minimum atomic E-state index is -0.0958. The number of carbonyl (C=O) groups excluding carboxylic acids is 1. The topological polar surface area (TPSA) is 61.4 Å². The summed E-state index contributed by atoms with van der Waals surface area (Å²) in [5.41, 5.74) is 4.55. The highest BCUT2D eigenvalue weighted by Gasteiger charge is 2.12. The van der Waals surface area contributed by atoms with Crippen LogP contribution in [0.5, 0.6) is 0 Å². The number of halogens is 1. The van der Waals surface area contributed by atoms with E-state index in [9.17, 15) is 9.90 Å². The van der Waals surface area contributed by atoms with Crippen LogP contribution >= 0.6 is 11.6 Å². The quantitative estimate of drug-likeness (QED) is 0.731. The van der Waals surface area contributed by atoms with Gasteiger partial charge in [-0.1, -0.05) is 29.8 Å². The minimum Gasteiger partial charge on any atom is -0.392 e. The summed E-state index contributed by atoms with van der Waals surface area (Å²) in [7, 11) is 0. The van der Waals surface area contributed by atoms with Crippen molar-refractivity contribution in [3.05, 3.63) is 58.1 Å². The molecular formula is C19H23ClN2O2. The molecule has 3 N–H and O–H groups in total. The Morgan fingerprint density at radius 1 is 1.21 bits per heavy atom. The number of carbonyl (C=O) groups is 1. The monoisotopic (exact) mass is 346 g/mol. The standard InChI is InChI=1S/C19H23ClN2O2/c1-12-5-4-6-17(14(12)3)22-19(24)9-13(2)21-18-10-15(11-23)7-8-16(18)20/h4-8,10,13,21,23H,9,11H2,1-3H3,(H,22,24). The molecule has 0 saturated carbocycles. The van der Waals surface area contributed by atoms with Crippen molar-refractivity contribution >= 4 is 28.9 Å². The van der Waals surface area contributed by atoms with E-state index in [2.05, 4.69) is 10.6 Å². The van der Waals surface area contributed by atoms with E-state index >= 15 is 0 Å². The number of hydrogen-bond acceptors (Lipinski definition) is 3. The first-order valence-corrected chi connectivity index (χ1v) is 8.30. The zero-order valence-corrected chi connectivity index (χ0v) is 14.9. The molecule has 4 nitrogen and oxygen atoms in total. The van der Waals surface area contributed by atoms with E-state index < -0.39 is 0 Å². The van der Waals surface area contributed by atoms with Crippen LogP contribution < -0.4 is 10.6 Å². The Morgan fingerprint density at radius 3 is 2.67 bits per heavy atom. The lowest BCUT2D eigenvalue weighted by Gasteiger charge is -2.17. The fraction of sp³-hybridized carbons (Fsp3) is 0.316. The Morgan fingerprint density at radius 2 is 1.96 bits per heavy atom. The maximum Gasteiger partial charge on any atom is 0.226 e. The third-order valence-electron chi connectivity index (χ3n) is 3.99. The molecule has 5 heteroatoms. The van der Waals surface area contributed by atoms with Gasteiger partial charge in [0.25, 0.3) is 0 Å². The molecule has 1 unspecified atom stereocenters. The third-order valence-corrected chi connectivity index (χ3v) is 4.32. The normalized spacial score (nSPS) is 11.9. The van der Waals surface area contributed by atoms with Crippen LogP contribution in [0.1, 0.15) is 30.0 Å². The van der Waals surface area contributed by atoms with Crippen molar-refractivity contribution < 1.29 is 9.90 Å². The zero-order chi connectivity index (χ0) is 17.7. The molecular weight excluding hydrogens is 324 g/mol. The third kappa shape index (κ3) is 4.73. The van der Waals surface area contributed by atoms with E-state index in [4.69, 9.17) is 11.6 Å². The van der Waals surface area contributed by atoms with Gasteiger partial charge in [-0.3, -0.25) is 4.79 Å². The first-order valence-electron chi connectivity index (χ1n) is 7.92. The van der Waals surface area contributed by atoms with Crippen molar-refractivity contribution in [1.82, 2.24) is 0 Å². The van der Waals surface area contributed by atoms with Crippen molar-refractivity contribution in [3.63, 3.8) is 0 Å². The summed E-state index contributed by atoms with van der Waals surface area (Å²) in [6.45, 7) is 5.89. The fourth-order valence-electron chi connectivity index (χ4n) is 2.46. The first kappa shape index (κ1) is 18.3. The summed E-state index contributed by atoms with van der Waals surface area (Å²) < 4.78 is 0. The van der Waals surface area contributed by atoms with Crippen LogP contribution in [0, 0.1) is 13.8 Å². The lowest BCUT2D eigenvalue weighted by Crippen LogP contribution is -2.24. The Kier molecular flexibility index (Phi) is 6.23. The highest BCUT2D eigenvalue weighted by Crippen LogP contribution is 2.24. The second-order valence-corrected chi connectivity index (χ2v) is 6.42. The predicted molar refractivity (Wildman–Crippen MR) is 99.6 cm³/mol. The fourth-order valence-corrected chi connectivity index (χ4v) is 2.64. The van der Waals surface area contributed by atoms with E-state index in [-0.39, 0.29) is 18.6 Å². The molecule has 24 heavy (non-hydrogen) atoms. The highest BCUT2D eigenvalue weighted by molar-refractivity contribution is 6.33. The van der Waals surface area contributed by atoms with Gasteiger partial charge in [0.15, 0.2) is 0 Å². The van der Waals surface area contributed by atoms with Crippen molar-refractivity contribution in [2.75, 3.05) is 10.6 Å². The molecule has 0 aromatic heterocycles. The lowest BCUT2D eigenvalue weighted by atomic mass is 10.1. The molecule has 2 aromatic carbocycles. The van der Waals surface area contributed by atoms with Gasteiger partial charge in [-0.25, -0.2) is 0 Å². The molecule has 0 aliphatic heterocycles. The molecule has 2 aromatic rings. The molecule has 128 valence electrons. The first-order chi connectivity index (χ1) is 11.4. The molecule has 0 bridgehead atoms. The van der Waals surface area contributed by atoms with E-state index in [0.717, 1.165) is 28.1 Å². The summed E-state index contributed by atoms with van der Waals surface area (Å²) in [6, 6.07) is 11.1. The predicted octanol–water partition coefficient (Wildman–Crippen LogP) is 4.28. The second-order valence-electron chi connectivity index (χ2n) is 6.02. The summed E-state index contributed by atoms with van der Waals surface area (Å²) in [4.78, 5) is 12.3. The smallest absolute Gasteiger partial charge is 0.226 e. The van der Waals surface area contributed by atoms with Crippen LogP contribution in [0.2, 0.25) is 5.02 Å². The van der Waals surface area contributed by atoms with Gasteiger partial charge in [-0.05, 0) is 55.7 Å². The number of aryl methyl sites for hydroxylation is 1. The summed E-state index contributed by atoms with van der Waals surface area (Å²) >= 11 is 6.16. The molecule has 1 atom stereocenters. The summed E-state index contributed by atoms with van der Waals surface area (Å²) in [5, 5.41) is 16.0. The maximum atomic E-state index is 12.3. The largest absolute Gasteiger partial charge is 0.392 e. The van der Waals surface area contributed by atoms with Crippen molar-refractivity contribution in [2.45, 2.75) is 39.8 Å². The SMILES string of the molecule is Cc1cccc(NC(=O)CC(C)Nc2cc(CO)ccc2Cl)c1C. The number of aliphatic hydroxyl groups excluding tert-OH is 1. The Hall–Kier alpha value is -2.04. The summed E-state index contributed by atoms with van der Waals surface area (Å²) in [5.74, 6) is -0.0573.